The van der Waals surface area contributed by atoms with Crippen molar-refractivity contribution in [1.29, 1.82) is 0 Å². The van der Waals surface area contributed by atoms with Gasteiger partial charge < -0.3 is 4.90 Å². The number of alkyl halides is 4. The van der Waals surface area contributed by atoms with Gasteiger partial charge in [0, 0.05) is 6.54 Å². The Hall–Kier alpha value is -1.04. The molecule has 0 amide bonds. The lowest BCUT2D eigenvalue weighted by atomic mass is 10.4. The molecule has 0 saturated carbocycles. The van der Waals surface area contributed by atoms with Crippen molar-refractivity contribution in [2.24, 2.45) is 0 Å². The monoisotopic (exact) mass is 253 g/mol. The lowest BCUT2D eigenvalue weighted by molar-refractivity contribution is -0.119. The lowest BCUT2D eigenvalue weighted by Crippen LogP contribution is -2.34. The highest BCUT2D eigenvalue weighted by Gasteiger charge is 2.30. The first kappa shape index (κ1) is 13.0. The normalized spacial score (nSPS) is 11.6. The van der Waals surface area contributed by atoms with Crippen LogP contribution in [0.2, 0.25) is 0 Å². The van der Waals surface area contributed by atoms with Gasteiger partial charge in [-0.05, 0) is 19.1 Å². The largest absolute Gasteiger partial charge is 0.405 e. The Bertz CT molecular complexity index is 326. The molecule has 0 atom stereocenters. The van der Waals surface area contributed by atoms with Crippen LogP contribution in [0.15, 0.2) is 12.1 Å². The van der Waals surface area contributed by atoms with Crippen LogP contribution >= 0.6 is 11.6 Å². The van der Waals surface area contributed by atoms with Crippen LogP contribution in [0, 0.1) is 0 Å². The Morgan fingerprint density at radius 3 is 2.38 bits per heavy atom. The van der Waals surface area contributed by atoms with Crippen LogP contribution in [0.25, 0.3) is 0 Å². The molecule has 0 bridgehead atoms. The first-order valence-electron chi connectivity index (χ1n) is 4.66. The molecule has 90 valence electrons. The van der Waals surface area contributed by atoms with E-state index in [1.54, 1.807) is 13.0 Å². The number of anilines is 1. The second-order valence-corrected chi connectivity index (χ2v) is 3.41. The summed E-state index contributed by atoms with van der Waals surface area (Å²) in [5, 5.41) is 7.40. The van der Waals surface area contributed by atoms with E-state index in [0.717, 1.165) is 4.90 Å². The Balaban J connectivity index is 2.79. The smallest absolute Gasteiger partial charge is 0.346 e. The van der Waals surface area contributed by atoms with E-state index in [4.69, 9.17) is 11.6 Å². The molecule has 0 spiro atoms. The summed E-state index contributed by atoms with van der Waals surface area (Å²) < 4.78 is 36.6. The minimum Gasteiger partial charge on any atom is -0.346 e. The van der Waals surface area contributed by atoms with Gasteiger partial charge in [-0.2, -0.15) is 18.3 Å². The third-order valence-corrected chi connectivity index (χ3v) is 2.19. The standard InChI is InChI=1S/C9H11ClF3N3/c1-2-16(6-9(11,12)13)8-4-3-7(5-10)14-15-8/h3-4H,2,5-6H2,1H3. The first-order chi connectivity index (χ1) is 7.46. The molecule has 0 saturated heterocycles. The van der Waals surface area contributed by atoms with Gasteiger partial charge in [0.05, 0.1) is 11.6 Å². The number of nitrogens with zero attached hydrogens (tertiary/aromatic N) is 3. The summed E-state index contributed by atoms with van der Waals surface area (Å²) in [6, 6.07) is 3.05. The third-order valence-electron chi connectivity index (χ3n) is 1.92. The minimum absolute atomic E-state index is 0.193. The van der Waals surface area contributed by atoms with Gasteiger partial charge >= 0.3 is 6.18 Å². The number of hydrogen-bond donors (Lipinski definition) is 0. The number of rotatable bonds is 4. The maximum atomic E-state index is 12.2. The predicted molar refractivity (Wildman–Crippen MR) is 55.5 cm³/mol. The zero-order valence-corrected chi connectivity index (χ0v) is 9.39. The second kappa shape index (κ2) is 5.34. The summed E-state index contributed by atoms with van der Waals surface area (Å²) in [7, 11) is 0. The van der Waals surface area contributed by atoms with E-state index in [1.165, 1.54) is 6.07 Å². The second-order valence-electron chi connectivity index (χ2n) is 3.15. The van der Waals surface area contributed by atoms with Crippen molar-refractivity contribution in [1.82, 2.24) is 10.2 Å². The molecule has 0 N–H and O–H groups in total. The molecule has 1 heterocycles. The molecule has 7 heteroatoms. The van der Waals surface area contributed by atoms with Crippen LogP contribution in [-0.2, 0) is 5.88 Å². The molecule has 0 aliphatic rings. The van der Waals surface area contributed by atoms with E-state index in [1.807, 2.05) is 0 Å². The minimum atomic E-state index is -4.25. The molecule has 1 rings (SSSR count). The average Bonchev–Trinajstić information content (AvgIpc) is 2.25. The Kier molecular flexibility index (Phi) is 4.35. The Morgan fingerprint density at radius 2 is 2.00 bits per heavy atom. The molecule has 0 unspecified atom stereocenters. The van der Waals surface area contributed by atoms with Crippen LogP contribution < -0.4 is 4.90 Å². The van der Waals surface area contributed by atoms with Crippen molar-refractivity contribution in [2.75, 3.05) is 18.0 Å². The third kappa shape index (κ3) is 3.84. The van der Waals surface area contributed by atoms with Crippen molar-refractivity contribution >= 4 is 17.4 Å². The van der Waals surface area contributed by atoms with Gasteiger partial charge in [0.25, 0.3) is 0 Å². The first-order valence-corrected chi connectivity index (χ1v) is 5.20. The van der Waals surface area contributed by atoms with E-state index in [0.29, 0.717) is 5.69 Å². The quantitative estimate of drug-likeness (QED) is 0.773. The molecule has 0 aromatic carbocycles. The van der Waals surface area contributed by atoms with E-state index in [9.17, 15) is 13.2 Å². The van der Waals surface area contributed by atoms with Gasteiger partial charge in [0.1, 0.15) is 6.54 Å². The van der Waals surface area contributed by atoms with Crippen molar-refractivity contribution in [3.05, 3.63) is 17.8 Å². The molecule has 0 fully saturated rings. The van der Waals surface area contributed by atoms with Crippen LogP contribution in [0.1, 0.15) is 12.6 Å². The number of halogens is 4. The summed E-state index contributed by atoms with van der Waals surface area (Å²) >= 11 is 5.50. The predicted octanol–water partition coefficient (Wildman–Crippen LogP) is 2.60. The highest BCUT2D eigenvalue weighted by Crippen LogP contribution is 2.20. The van der Waals surface area contributed by atoms with Crippen molar-refractivity contribution in [3.8, 4) is 0 Å². The molecule has 16 heavy (non-hydrogen) atoms. The summed E-state index contributed by atoms with van der Waals surface area (Å²) in [6.07, 6.45) is -4.25. The zero-order valence-electron chi connectivity index (χ0n) is 8.63. The van der Waals surface area contributed by atoms with E-state index >= 15 is 0 Å². The van der Waals surface area contributed by atoms with Crippen molar-refractivity contribution < 1.29 is 13.2 Å². The molecule has 0 aliphatic heterocycles. The van der Waals surface area contributed by atoms with Crippen molar-refractivity contribution in [2.45, 2.75) is 19.0 Å². The fourth-order valence-corrected chi connectivity index (χ4v) is 1.31. The van der Waals surface area contributed by atoms with E-state index in [2.05, 4.69) is 10.2 Å². The van der Waals surface area contributed by atoms with Crippen LogP contribution in [-0.4, -0.2) is 29.5 Å². The number of aromatic nitrogens is 2. The van der Waals surface area contributed by atoms with E-state index < -0.39 is 12.7 Å². The summed E-state index contributed by atoms with van der Waals surface area (Å²) in [4.78, 5) is 1.10. The lowest BCUT2D eigenvalue weighted by Gasteiger charge is -2.22. The van der Waals surface area contributed by atoms with Gasteiger partial charge in [0.2, 0.25) is 0 Å². The Morgan fingerprint density at radius 1 is 1.31 bits per heavy atom. The van der Waals surface area contributed by atoms with Gasteiger partial charge in [-0.15, -0.1) is 16.7 Å². The zero-order chi connectivity index (χ0) is 12.2. The maximum absolute atomic E-state index is 12.2. The van der Waals surface area contributed by atoms with Crippen LogP contribution in [0.4, 0.5) is 19.0 Å². The van der Waals surface area contributed by atoms with Crippen LogP contribution in [0.5, 0.6) is 0 Å². The fraction of sp³-hybridized carbons (Fsp3) is 0.556. The highest BCUT2D eigenvalue weighted by atomic mass is 35.5. The summed E-state index contributed by atoms with van der Waals surface area (Å²) in [6.45, 7) is 0.815. The topological polar surface area (TPSA) is 29.0 Å². The molecule has 1 aromatic heterocycles. The highest BCUT2D eigenvalue weighted by molar-refractivity contribution is 6.16. The van der Waals surface area contributed by atoms with Crippen molar-refractivity contribution in [3.63, 3.8) is 0 Å². The molecule has 0 radical (unpaired) electrons. The Labute approximate surface area is 96.2 Å². The average molecular weight is 254 g/mol. The molecule has 1 aromatic rings. The van der Waals surface area contributed by atoms with Gasteiger partial charge in [-0.1, -0.05) is 0 Å². The maximum Gasteiger partial charge on any atom is 0.405 e. The van der Waals surface area contributed by atoms with Gasteiger partial charge in [0.15, 0.2) is 5.82 Å². The number of hydrogen-bond acceptors (Lipinski definition) is 3. The van der Waals surface area contributed by atoms with Gasteiger partial charge in [-0.25, -0.2) is 0 Å². The SMILES string of the molecule is CCN(CC(F)(F)F)c1ccc(CCl)nn1. The van der Waals surface area contributed by atoms with E-state index in [-0.39, 0.29) is 18.2 Å². The molecule has 3 nitrogen and oxygen atoms in total. The van der Waals surface area contributed by atoms with Crippen LogP contribution in [0.3, 0.4) is 0 Å². The molecular formula is C9H11ClF3N3. The molecule has 0 aliphatic carbocycles. The molecular weight excluding hydrogens is 243 g/mol. The summed E-state index contributed by atoms with van der Waals surface area (Å²) in [5.74, 6) is 0.396. The van der Waals surface area contributed by atoms with Gasteiger partial charge in [-0.3, -0.25) is 0 Å². The summed E-state index contributed by atoms with van der Waals surface area (Å²) in [5.41, 5.74) is 0.536. The fourth-order valence-electron chi connectivity index (χ4n) is 1.16.